The number of hydrogen-bond donors (Lipinski definition) is 1. The van der Waals surface area contributed by atoms with E-state index >= 15 is 0 Å². The lowest BCUT2D eigenvalue weighted by Gasteiger charge is -2.01. The molecule has 0 fully saturated rings. The highest BCUT2D eigenvalue weighted by Gasteiger charge is 2.14. The number of carbonyl (C=O) groups excluding carboxylic acids is 1. The Labute approximate surface area is 154 Å². The summed E-state index contributed by atoms with van der Waals surface area (Å²) in [7, 11) is 0. The molecule has 0 unspecified atom stereocenters. The molecule has 0 aliphatic carbocycles. The SMILES string of the molecule is O=C(NCc1cc(-c2cccnc2)no1)c1ccc(Oc2ccccc2)o1. The standard InChI is InChI=1S/C20H15N3O4/c24-20(18-8-9-19(26-18)25-15-6-2-1-3-7-15)22-13-16-11-17(23-27-16)14-5-4-10-21-12-14/h1-12H,13H2,(H,22,24). The van der Waals surface area contributed by atoms with Crippen LogP contribution in [0.15, 0.2) is 82.0 Å². The van der Waals surface area contributed by atoms with Gasteiger partial charge < -0.3 is 19.0 Å². The summed E-state index contributed by atoms with van der Waals surface area (Å²) in [5.74, 6) is 1.16. The molecule has 0 spiro atoms. The number of nitrogens with zero attached hydrogens (tertiary/aromatic N) is 2. The van der Waals surface area contributed by atoms with Crippen LogP contribution in [0.1, 0.15) is 16.3 Å². The zero-order chi connectivity index (χ0) is 18.5. The van der Waals surface area contributed by atoms with Crippen LogP contribution in [0.4, 0.5) is 0 Å². The molecule has 0 saturated carbocycles. The van der Waals surface area contributed by atoms with Gasteiger partial charge >= 0.3 is 0 Å². The van der Waals surface area contributed by atoms with Crippen LogP contribution in [0.5, 0.6) is 11.7 Å². The van der Waals surface area contributed by atoms with Gasteiger partial charge in [0.25, 0.3) is 11.9 Å². The minimum absolute atomic E-state index is 0.146. The Kier molecular flexibility index (Phi) is 4.65. The van der Waals surface area contributed by atoms with Gasteiger partial charge in [0.1, 0.15) is 11.4 Å². The number of hydrogen-bond acceptors (Lipinski definition) is 6. The van der Waals surface area contributed by atoms with Gasteiger partial charge in [-0.15, -0.1) is 0 Å². The van der Waals surface area contributed by atoms with Crippen molar-refractivity contribution in [3.8, 4) is 23.0 Å². The van der Waals surface area contributed by atoms with Crippen LogP contribution in [0, 0.1) is 0 Å². The number of furan rings is 1. The van der Waals surface area contributed by atoms with E-state index in [4.69, 9.17) is 13.7 Å². The monoisotopic (exact) mass is 361 g/mol. The van der Waals surface area contributed by atoms with Crippen molar-refractivity contribution in [3.05, 3.63) is 84.6 Å². The minimum Gasteiger partial charge on any atom is -0.426 e. The number of pyridine rings is 1. The first-order valence-electron chi connectivity index (χ1n) is 8.25. The fourth-order valence-electron chi connectivity index (χ4n) is 2.40. The van der Waals surface area contributed by atoms with E-state index in [0.29, 0.717) is 17.2 Å². The summed E-state index contributed by atoms with van der Waals surface area (Å²) in [6.45, 7) is 0.182. The van der Waals surface area contributed by atoms with Gasteiger partial charge in [-0.25, -0.2) is 0 Å². The highest BCUT2D eigenvalue weighted by atomic mass is 16.6. The van der Waals surface area contributed by atoms with Crippen molar-refractivity contribution >= 4 is 5.91 Å². The maximum atomic E-state index is 12.2. The summed E-state index contributed by atoms with van der Waals surface area (Å²) in [5, 5.41) is 6.70. The third-order valence-corrected chi connectivity index (χ3v) is 3.71. The summed E-state index contributed by atoms with van der Waals surface area (Å²) in [6.07, 6.45) is 3.38. The predicted molar refractivity (Wildman–Crippen MR) is 96.1 cm³/mol. The molecule has 3 heterocycles. The van der Waals surface area contributed by atoms with Crippen molar-refractivity contribution in [1.29, 1.82) is 0 Å². The van der Waals surface area contributed by atoms with Crippen LogP contribution in [0.2, 0.25) is 0 Å². The van der Waals surface area contributed by atoms with Crippen molar-refractivity contribution < 1.29 is 18.5 Å². The number of para-hydroxylation sites is 1. The van der Waals surface area contributed by atoms with Gasteiger partial charge in [0, 0.05) is 30.1 Å². The Bertz CT molecular complexity index is 1030. The Morgan fingerprint density at radius 1 is 1.07 bits per heavy atom. The second kappa shape index (κ2) is 7.57. The molecule has 4 rings (SSSR count). The first-order chi connectivity index (χ1) is 13.3. The van der Waals surface area contributed by atoms with Crippen LogP contribution in [-0.2, 0) is 6.54 Å². The maximum Gasteiger partial charge on any atom is 0.290 e. The number of nitrogens with one attached hydrogen (secondary N) is 1. The van der Waals surface area contributed by atoms with E-state index in [9.17, 15) is 4.79 Å². The quantitative estimate of drug-likeness (QED) is 0.557. The Balaban J connectivity index is 1.35. The van der Waals surface area contributed by atoms with Crippen LogP contribution < -0.4 is 10.1 Å². The lowest BCUT2D eigenvalue weighted by atomic mass is 10.2. The Morgan fingerprint density at radius 2 is 1.96 bits per heavy atom. The summed E-state index contributed by atoms with van der Waals surface area (Å²) in [4.78, 5) is 16.3. The van der Waals surface area contributed by atoms with E-state index in [1.165, 1.54) is 0 Å². The number of aromatic nitrogens is 2. The lowest BCUT2D eigenvalue weighted by Crippen LogP contribution is -2.21. The molecule has 0 saturated heterocycles. The van der Waals surface area contributed by atoms with Crippen LogP contribution in [-0.4, -0.2) is 16.0 Å². The molecule has 0 aliphatic rings. The van der Waals surface area contributed by atoms with Crippen molar-refractivity contribution in [2.24, 2.45) is 0 Å². The molecule has 4 aromatic rings. The van der Waals surface area contributed by atoms with Crippen molar-refractivity contribution in [3.63, 3.8) is 0 Å². The Hall–Kier alpha value is -3.87. The van der Waals surface area contributed by atoms with Gasteiger partial charge in [0.05, 0.1) is 6.54 Å². The van der Waals surface area contributed by atoms with Gasteiger partial charge in [-0.3, -0.25) is 9.78 Å². The van der Waals surface area contributed by atoms with E-state index < -0.39 is 0 Å². The van der Waals surface area contributed by atoms with Crippen molar-refractivity contribution in [2.45, 2.75) is 6.54 Å². The lowest BCUT2D eigenvalue weighted by molar-refractivity contribution is 0.0914. The number of amides is 1. The summed E-state index contributed by atoms with van der Waals surface area (Å²) in [5.41, 5.74) is 1.50. The van der Waals surface area contributed by atoms with Crippen LogP contribution >= 0.6 is 0 Å². The molecule has 0 bridgehead atoms. The molecule has 27 heavy (non-hydrogen) atoms. The minimum atomic E-state index is -0.378. The first-order valence-corrected chi connectivity index (χ1v) is 8.25. The highest BCUT2D eigenvalue weighted by molar-refractivity contribution is 5.91. The van der Waals surface area contributed by atoms with Crippen LogP contribution in [0.3, 0.4) is 0 Å². The highest BCUT2D eigenvalue weighted by Crippen LogP contribution is 2.23. The van der Waals surface area contributed by atoms with Gasteiger partial charge in [-0.05, 0) is 30.3 Å². The fourth-order valence-corrected chi connectivity index (χ4v) is 2.40. The van der Waals surface area contributed by atoms with E-state index in [1.54, 1.807) is 42.7 Å². The number of ether oxygens (including phenoxy) is 1. The third kappa shape index (κ3) is 4.04. The molecular formula is C20H15N3O4. The van der Waals surface area contributed by atoms with E-state index in [1.807, 2.05) is 30.3 Å². The average molecular weight is 361 g/mol. The van der Waals surface area contributed by atoms with E-state index in [0.717, 1.165) is 5.56 Å². The number of benzene rings is 1. The topological polar surface area (TPSA) is 90.4 Å². The van der Waals surface area contributed by atoms with Gasteiger partial charge in [-0.1, -0.05) is 23.4 Å². The van der Waals surface area contributed by atoms with E-state index in [2.05, 4.69) is 15.5 Å². The second-order valence-electron chi connectivity index (χ2n) is 5.64. The molecule has 134 valence electrons. The normalized spacial score (nSPS) is 10.5. The van der Waals surface area contributed by atoms with E-state index in [-0.39, 0.29) is 24.2 Å². The second-order valence-corrected chi connectivity index (χ2v) is 5.64. The van der Waals surface area contributed by atoms with Crippen molar-refractivity contribution in [1.82, 2.24) is 15.5 Å². The van der Waals surface area contributed by atoms with Gasteiger partial charge in [0.15, 0.2) is 11.5 Å². The molecule has 0 aliphatic heterocycles. The molecular weight excluding hydrogens is 346 g/mol. The molecule has 0 atom stereocenters. The van der Waals surface area contributed by atoms with Gasteiger partial charge in [-0.2, -0.15) is 0 Å². The Morgan fingerprint density at radius 3 is 2.78 bits per heavy atom. The molecule has 7 nitrogen and oxygen atoms in total. The molecule has 7 heteroatoms. The van der Waals surface area contributed by atoms with Crippen LogP contribution in [0.25, 0.3) is 11.3 Å². The fraction of sp³-hybridized carbons (Fsp3) is 0.0500. The number of rotatable bonds is 6. The smallest absolute Gasteiger partial charge is 0.290 e. The summed E-state index contributed by atoms with van der Waals surface area (Å²) < 4.78 is 16.2. The number of carbonyl (C=O) groups is 1. The predicted octanol–water partition coefficient (Wildman–Crippen LogP) is 4.05. The molecule has 3 aromatic heterocycles. The van der Waals surface area contributed by atoms with Crippen molar-refractivity contribution in [2.75, 3.05) is 0 Å². The molecule has 1 N–H and O–H groups in total. The zero-order valence-corrected chi connectivity index (χ0v) is 14.2. The van der Waals surface area contributed by atoms with Gasteiger partial charge in [0.2, 0.25) is 0 Å². The first kappa shape index (κ1) is 16.6. The average Bonchev–Trinajstić information content (AvgIpc) is 3.37. The third-order valence-electron chi connectivity index (χ3n) is 3.71. The molecule has 0 radical (unpaired) electrons. The molecule has 1 aromatic carbocycles. The molecule has 1 amide bonds. The summed E-state index contributed by atoms with van der Waals surface area (Å²) >= 11 is 0. The maximum absolute atomic E-state index is 12.2. The zero-order valence-electron chi connectivity index (χ0n) is 14.2. The summed E-state index contributed by atoms with van der Waals surface area (Å²) in [6, 6.07) is 17.8. The largest absolute Gasteiger partial charge is 0.426 e.